The Morgan fingerprint density at radius 3 is 2.86 bits per heavy atom. The molecule has 2 rings (SSSR count). The smallest absolute Gasteiger partial charge is 0.246 e. The van der Waals surface area contributed by atoms with E-state index in [-0.39, 0.29) is 23.2 Å². The summed E-state index contributed by atoms with van der Waals surface area (Å²) in [5.74, 6) is -0.816. The van der Waals surface area contributed by atoms with Crippen LogP contribution in [0.5, 0.6) is 0 Å². The topological polar surface area (TPSA) is 83.6 Å². The van der Waals surface area contributed by atoms with E-state index in [4.69, 9.17) is 10.8 Å². The zero-order chi connectivity index (χ0) is 15.6. The number of nitrogens with zero attached hydrogens (tertiary/aromatic N) is 1. The Morgan fingerprint density at radius 2 is 2.19 bits per heavy atom. The molecule has 0 bridgehead atoms. The molecule has 5 nitrogen and oxygen atoms in total. The van der Waals surface area contributed by atoms with Crippen LogP contribution in [0.3, 0.4) is 0 Å². The monoisotopic (exact) mass is 380 g/mol. The van der Waals surface area contributed by atoms with Crippen molar-refractivity contribution >= 4 is 31.6 Å². The van der Waals surface area contributed by atoms with Crippen LogP contribution in [-0.4, -0.2) is 37.0 Å². The Balaban J connectivity index is 2.35. The molecule has 1 atom stereocenters. The molecule has 0 aromatic heterocycles. The number of nitrogen functional groups attached to an aromatic ring is 1. The van der Waals surface area contributed by atoms with E-state index in [1.165, 1.54) is 4.31 Å². The first-order valence-electron chi connectivity index (χ1n) is 6.75. The first kappa shape index (κ1) is 16.7. The largest absolute Gasteiger partial charge is 0.398 e. The Hall–Kier alpha value is -0.700. The van der Waals surface area contributed by atoms with Crippen molar-refractivity contribution in [2.24, 2.45) is 0 Å². The SMILES string of the molecule is Nc1cc(S(=O)(=O)N2CCCC2CCCO)c(F)cc1Br. The molecule has 1 fully saturated rings. The minimum absolute atomic E-state index is 0.0178. The fourth-order valence-corrected chi connectivity index (χ4v) is 4.73. The van der Waals surface area contributed by atoms with Crippen LogP contribution >= 0.6 is 15.9 Å². The normalized spacial score (nSPS) is 20.0. The summed E-state index contributed by atoms with van der Waals surface area (Å²) < 4.78 is 41.0. The van der Waals surface area contributed by atoms with Crippen LogP contribution in [0.4, 0.5) is 10.1 Å². The van der Waals surface area contributed by atoms with Gasteiger partial charge in [0, 0.05) is 29.4 Å². The summed E-state index contributed by atoms with van der Waals surface area (Å²) in [6.45, 7) is 0.387. The van der Waals surface area contributed by atoms with Crippen molar-refractivity contribution in [1.29, 1.82) is 0 Å². The molecular formula is C13H18BrFN2O3S. The van der Waals surface area contributed by atoms with E-state index in [1.807, 2.05) is 0 Å². The molecule has 1 aliphatic heterocycles. The van der Waals surface area contributed by atoms with Crippen molar-refractivity contribution in [2.45, 2.75) is 36.6 Å². The van der Waals surface area contributed by atoms with Crippen LogP contribution in [0.25, 0.3) is 0 Å². The lowest BCUT2D eigenvalue weighted by atomic mass is 10.1. The van der Waals surface area contributed by atoms with Gasteiger partial charge < -0.3 is 10.8 Å². The first-order valence-corrected chi connectivity index (χ1v) is 8.98. The van der Waals surface area contributed by atoms with Gasteiger partial charge in [0.1, 0.15) is 10.7 Å². The van der Waals surface area contributed by atoms with Gasteiger partial charge in [-0.15, -0.1) is 0 Å². The summed E-state index contributed by atoms with van der Waals surface area (Å²) in [6, 6.07) is 2.03. The predicted octanol–water partition coefficient (Wildman–Crippen LogP) is 2.10. The van der Waals surface area contributed by atoms with Crippen molar-refractivity contribution in [3.05, 3.63) is 22.4 Å². The summed E-state index contributed by atoms with van der Waals surface area (Å²) >= 11 is 3.08. The van der Waals surface area contributed by atoms with E-state index < -0.39 is 15.8 Å². The Morgan fingerprint density at radius 1 is 1.48 bits per heavy atom. The lowest BCUT2D eigenvalue weighted by Gasteiger charge is -2.24. The van der Waals surface area contributed by atoms with Crippen LogP contribution in [-0.2, 0) is 10.0 Å². The third-order valence-electron chi connectivity index (χ3n) is 3.66. The fourth-order valence-electron chi connectivity index (χ4n) is 2.61. The van der Waals surface area contributed by atoms with E-state index >= 15 is 0 Å². The molecule has 118 valence electrons. The summed E-state index contributed by atoms with van der Waals surface area (Å²) in [4.78, 5) is -0.390. The van der Waals surface area contributed by atoms with Gasteiger partial charge in [0.05, 0.1) is 0 Å². The number of hydrogen-bond donors (Lipinski definition) is 2. The summed E-state index contributed by atoms with van der Waals surface area (Å²) in [7, 11) is -3.91. The van der Waals surface area contributed by atoms with Gasteiger partial charge in [-0.25, -0.2) is 12.8 Å². The van der Waals surface area contributed by atoms with Gasteiger partial charge in [-0.3, -0.25) is 0 Å². The van der Waals surface area contributed by atoms with Crippen LogP contribution in [0.15, 0.2) is 21.5 Å². The minimum atomic E-state index is -3.91. The van der Waals surface area contributed by atoms with Gasteiger partial charge >= 0.3 is 0 Å². The number of sulfonamides is 1. The fraction of sp³-hybridized carbons (Fsp3) is 0.538. The number of halogens is 2. The number of anilines is 1. The molecular weight excluding hydrogens is 363 g/mol. The second-order valence-corrected chi connectivity index (χ2v) is 7.80. The zero-order valence-electron chi connectivity index (χ0n) is 11.4. The molecule has 0 radical (unpaired) electrons. The Kier molecular flexibility index (Phi) is 5.24. The Labute approximate surface area is 132 Å². The molecule has 1 aromatic carbocycles. The molecule has 1 aliphatic rings. The standard InChI is InChI=1S/C13H18BrFN2O3S/c14-10-7-11(15)13(8-12(10)16)21(19,20)17-5-1-3-9(17)4-2-6-18/h7-9,18H,1-6,16H2. The van der Waals surface area contributed by atoms with Gasteiger partial charge in [-0.2, -0.15) is 4.31 Å². The molecule has 3 N–H and O–H groups in total. The average molecular weight is 381 g/mol. The summed E-state index contributed by atoms with van der Waals surface area (Å²) in [5, 5.41) is 8.89. The second kappa shape index (κ2) is 6.60. The van der Waals surface area contributed by atoms with Crippen molar-refractivity contribution < 1.29 is 17.9 Å². The van der Waals surface area contributed by atoms with Crippen molar-refractivity contribution in [3.8, 4) is 0 Å². The van der Waals surface area contributed by atoms with Crippen LogP contribution in [0, 0.1) is 5.82 Å². The Bertz CT molecular complexity index is 624. The summed E-state index contributed by atoms with van der Waals surface area (Å²) in [6.07, 6.45) is 2.57. The summed E-state index contributed by atoms with van der Waals surface area (Å²) in [5.41, 5.74) is 5.85. The van der Waals surface area contributed by atoms with Gasteiger partial charge in [0.15, 0.2) is 0 Å². The minimum Gasteiger partial charge on any atom is -0.398 e. The number of benzene rings is 1. The highest BCUT2D eigenvalue weighted by molar-refractivity contribution is 9.10. The van der Waals surface area contributed by atoms with Gasteiger partial charge in [-0.1, -0.05) is 0 Å². The molecule has 8 heteroatoms. The maximum atomic E-state index is 14.0. The maximum Gasteiger partial charge on any atom is 0.246 e. The van der Waals surface area contributed by atoms with Crippen molar-refractivity contribution in [3.63, 3.8) is 0 Å². The predicted molar refractivity (Wildman–Crippen MR) is 81.7 cm³/mol. The molecule has 0 saturated carbocycles. The quantitative estimate of drug-likeness (QED) is 0.766. The molecule has 1 heterocycles. The van der Waals surface area contributed by atoms with E-state index in [0.29, 0.717) is 23.9 Å². The molecule has 1 saturated heterocycles. The van der Waals surface area contributed by atoms with Gasteiger partial charge in [-0.05, 0) is 53.7 Å². The average Bonchev–Trinajstić information content (AvgIpc) is 2.89. The number of aliphatic hydroxyl groups excluding tert-OH is 1. The molecule has 0 amide bonds. The van der Waals surface area contributed by atoms with E-state index in [1.54, 1.807) is 0 Å². The highest BCUT2D eigenvalue weighted by Gasteiger charge is 2.36. The van der Waals surface area contributed by atoms with E-state index in [2.05, 4.69) is 15.9 Å². The third-order valence-corrected chi connectivity index (χ3v) is 6.31. The van der Waals surface area contributed by atoms with Crippen LogP contribution < -0.4 is 5.73 Å². The molecule has 1 aromatic rings. The maximum absolute atomic E-state index is 14.0. The number of nitrogens with two attached hydrogens (primary N) is 1. The highest BCUT2D eigenvalue weighted by Crippen LogP contribution is 2.32. The van der Waals surface area contributed by atoms with E-state index in [0.717, 1.165) is 25.0 Å². The number of hydrogen-bond acceptors (Lipinski definition) is 4. The second-order valence-electron chi connectivity index (χ2n) is 5.08. The van der Waals surface area contributed by atoms with Gasteiger partial charge in [0.25, 0.3) is 0 Å². The van der Waals surface area contributed by atoms with Crippen LogP contribution in [0.1, 0.15) is 25.7 Å². The molecule has 1 unspecified atom stereocenters. The third kappa shape index (κ3) is 3.39. The van der Waals surface area contributed by atoms with Gasteiger partial charge in [0.2, 0.25) is 10.0 Å². The lowest BCUT2D eigenvalue weighted by molar-refractivity contribution is 0.264. The zero-order valence-corrected chi connectivity index (χ0v) is 13.8. The highest BCUT2D eigenvalue weighted by atomic mass is 79.9. The number of aliphatic hydroxyl groups is 1. The number of rotatable bonds is 5. The van der Waals surface area contributed by atoms with Crippen LogP contribution in [0.2, 0.25) is 0 Å². The first-order chi connectivity index (χ1) is 9.87. The molecule has 21 heavy (non-hydrogen) atoms. The lowest BCUT2D eigenvalue weighted by Crippen LogP contribution is -2.36. The molecule has 0 spiro atoms. The molecule has 0 aliphatic carbocycles. The van der Waals surface area contributed by atoms with Crippen molar-refractivity contribution in [2.75, 3.05) is 18.9 Å². The van der Waals surface area contributed by atoms with E-state index in [9.17, 15) is 12.8 Å². The van der Waals surface area contributed by atoms with Crippen molar-refractivity contribution in [1.82, 2.24) is 4.31 Å².